The molecule has 0 fully saturated rings. The summed E-state index contributed by atoms with van der Waals surface area (Å²) >= 11 is 0. The van der Waals surface area contributed by atoms with Crippen LogP contribution in [-0.4, -0.2) is 16.2 Å². The molecule has 26 heavy (non-hydrogen) atoms. The van der Waals surface area contributed by atoms with E-state index in [9.17, 15) is 9.59 Å². The first-order chi connectivity index (χ1) is 12.6. The zero-order valence-corrected chi connectivity index (χ0v) is 13.6. The van der Waals surface area contributed by atoms with E-state index in [2.05, 4.69) is 10.2 Å². The van der Waals surface area contributed by atoms with E-state index < -0.39 is 11.6 Å². The Bertz CT molecular complexity index is 1160. The maximum atomic E-state index is 12.3. The molecule has 0 spiro atoms. The number of fused-ring (bicyclic) bond motifs is 1. The van der Waals surface area contributed by atoms with E-state index >= 15 is 0 Å². The van der Waals surface area contributed by atoms with Gasteiger partial charge in [0.25, 0.3) is 5.89 Å². The van der Waals surface area contributed by atoms with Crippen molar-refractivity contribution in [3.63, 3.8) is 0 Å². The Morgan fingerprint density at radius 2 is 1.73 bits per heavy atom. The molecule has 0 aliphatic rings. The van der Waals surface area contributed by atoms with Crippen molar-refractivity contribution in [1.82, 2.24) is 10.2 Å². The fourth-order valence-corrected chi connectivity index (χ4v) is 2.50. The largest absolute Gasteiger partial charge is 0.427 e. The van der Waals surface area contributed by atoms with Crippen molar-refractivity contribution in [3.8, 4) is 28.7 Å². The van der Waals surface area contributed by atoms with E-state index in [1.54, 1.807) is 18.2 Å². The minimum absolute atomic E-state index is 0.0727. The van der Waals surface area contributed by atoms with Gasteiger partial charge in [0.2, 0.25) is 5.89 Å². The standard InChI is InChI=1S/C19H12N2O5/c1-11(22)24-14-8-7-13-9-15(19(23)25-16(13)10-14)18-21-20-17(26-18)12-5-3-2-4-6-12/h2-10H,1H3. The van der Waals surface area contributed by atoms with Gasteiger partial charge in [-0.2, -0.15) is 0 Å². The highest BCUT2D eigenvalue weighted by Crippen LogP contribution is 2.26. The lowest BCUT2D eigenvalue weighted by Gasteiger charge is -2.03. The lowest BCUT2D eigenvalue weighted by atomic mass is 10.2. The number of rotatable bonds is 3. The maximum Gasteiger partial charge on any atom is 0.349 e. The van der Waals surface area contributed by atoms with E-state index in [0.29, 0.717) is 22.6 Å². The molecule has 0 aliphatic heterocycles. The van der Waals surface area contributed by atoms with Gasteiger partial charge in [-0.1, -0.05) is 18.2 Å². The van der Waals surface area contributed by atoms with Crippen molar-refractivity contribution in [2.45, 2.75) is 6.92 Å². The van der Waals surface area contributed by atoms with Crippen molar-refractivity contribution >= 4 is 16.9 Å². The number of carbonyl (C=O) groups excluding carboxylic acids is 1. The number of esters is 1. The Kier molecular flexibility index (Phi) is 3.81. The highest BCUT2D eigenvalue weighted by molar-refractivity contribution is 5.82. The summed E-state index contributed by atoms with van der Waals surface area (Å²) in [5, 5.41) is 8.55. The van der Waals surface area contributed by atoms with Crippen LogP contribution in [0.5, 0.6) is 5.75 Å². The minimum Gasteiger partial charge on any atom is -0.427 e. The molecule has 4 rings (SSSR count). The Balaban J connectivity index is 1.75. The Hall–Kier alpha value is -3.74. The SMILES string of the molecule is CC(=O)Oc1ccc2cc(-c3nnc(-c4ccccc4)o3)c(=O)oc2c1. The summed E-state index contributed by atoms with van der Waals surface area (Å²) in [6, 6.07) is 15.6. The van der Waals surface area contributed by atoms with Gasteiger partial charge in [-0.05, 0) is 30.3 Å². The molecule has 0 N–H and O–H groups in total. The second kappa shape index (κ2) is 6.29. The monoisotopic (exact) mass is 348 g/mol. The Morgan fingerprint density at radius 3 is 2.50 bits per heavy atom. The summed E-state index contributed by atoms with van der Waals surface area (Å²) in [5.74, 6) is 0.224. The predicted molar refractivity (Wildman–Crippen MR) is 92.5 cm³/mol. The summed E-state index contributed by atoms with van der Waals surface area (Å²) in [7, 11) is 0. The molecule has 0 amide bonds. The molecule has 4 aromatic rings. The fourth-order valence-electron chi connectivity index (χ4n) is 2.50. The third-order valence-corrected chi connectivity index (χ3v) is 3.65. The van der Waals surface area contributed by atoms with Crippen molar-refractivity contribution < 1.29 is 18.4 Å². The summed E-state index contributed by atoms with van der Waals surface area (Å²) in [6.07, 6.45) is 0. The van der Waals surface area contributed by atoms with Gasteiger partial charge in [0.15, 0.2) is 0 Å². The lowest BCUT2D eigenvalue weighted by Crippen LogP contribution is -2.04. The molecular formula is C19H12N2O5. The Labute approximate surface area is 146 Å². The molecule has 2 heterocycles. The normalized spacial score (nSPS) is 10.8. The summed E-state index contributed by atoms with van der Waals surface area (Å²) in [5.41, 5.74) is 0.580. The van der Waals surface area contributed by atoms with Gasteiger partial charge in [0.1, 0.15) is 16.9 Å². The van der Waals surface area contributed by atoms with Crippen LogP contribution in [0, 0.1) is 0 Å². The van der Waals surface area contributed by atoms with Crippen LogP contribution in [-0.2, 0) is 4.79 Å². The third kappa shape index (κ3) is 2.98. The fraction of sp³-hybridized carbons (Fsp3) is 0.0526. The van der Waals surface area contributed by atoms with Gasteiger partial charge in [-0.3, -0.25) is 4.79 Å². The number of hydrogen-bond donors (Lipinski definition) is 0. The van der Waals surface area contributed by atoms with E-state index in [4.69, 9.17) is 13.6 Å². The van der Waals surface area contributed by atoms with Gasteiger partial charge in [0, 0.05) is 23.9 Å². The molecule has 2 aromatic carbocycles. The third-order valence-electron chi connectivity index (χ3n) is 3.65. The van der Waals surface area contributed by atoms with E-state index in [-0.39, 0.29) is 11.5 Å². The average Bonchev–Trinajstić information content (AvgIpc) is 3.11. The van der Waals surface area contributed by atoms with Crippen LogP contribution >= 0.6 is 0 Å². The van der Waals surface area contributed by atoms with Crippen LogP contribution in [0.3, 0.4) is 0 Å². The first-order valence-corrected chi connectivity index (χ1v) is 7.76. The molecule has 7 nitrogen and oxygen atoms in total. The first kappa shape index (κ1) is 15.8. The van der Waals surface area contributed by atoms with Crippen LogP contribution in [0.4, 0.5) is 0 Å². The molecular weight excluding hydrogens is 336 g/mol. The van der Waals surface area contributed by atoms with Gasteiger partial charge in [-0.15, -0.1) is 10.2 Å². The molecule has 0 radical (unpaired) electrons. The number of aromatic nitrogens is 2. The maximum absolute atomic E-state index is 12.3. The van der Waals surface area contributed by atoms with Crippen molar-refractivity contribution in [2.75, 3.05) is 0 Å². The second-order valence-electron chi connectivity index (χ2n) is 5.52. The molecule has 128 valence electrons. The van der Waals surface area contributed by atoms with Gasteiger partial charge < -0.3 is 13.6 Å². The Morgan fingerprint density at radius 1 is 0.962 bits per heavy atom. The minimum atomic E-state index is -0.624. The molecule has 0 atom stereocenters. The molecule has 0 unspecified atom stereocenters. The number of benzene rings is 2. The van der Waals surface area contributed by atoms with Gasteiger partial charge in [0.05, 0.1) is 0 Å². The van der Waals surface area contributed by atoms with Crippen molar-refractivity contribution in [2.24, 2.45) is 0 Å². The van der Waals surface area contributed by atoms with Gasteiger partial charge >= 0.3 is 11.6 Å². The first-order valence-electron chi connectivity index (χ1n) is 7.76. The second-order valence-corrected chi connectivity index (χ2v) is 5.52. The van der Waals surface area contributed by atoms with Crippen LogP contribution in [0.2, 0.25) is 0 Å². The van der Waals surface area contributed by atoms with Crippen LogP contribution < -0.4 is 10.4 Å². The zero-order valence-electron chi connectivity index (χ0n) is 13.6. The topological polar surface area (TPSA) is 95.4 Å². The highest BCUT2D eigenvalue weighted by atomic mass is 16.5. The zero-order chi connectivity index (χ0) is 18.1. The number of hydrogen-bond acceptors (Lipinski definition) is 7. The van der Waals surface area contributed by atoms with E-state index in [0.717, 1.165) is 5.56 Å². The highest BCUT2D eigenvalue weighted by Gasteiger charge is 2.16. The molecule has 2 aromatic heterocycles. The van der Waals surface area contributed by atoms with E-state index in [1.807, 2.05) is 30.3 Å². The number of carbonyl (C=O) groups is 1. The lowest BCUT2D eigenvalue weighted by molar-refractivity contribution is -0.131. The van der Waals surface area contributed by atoms with E-state index in [1.165, 1.54) is 13.0 Å². The average molecular weight is 348 g/mol. The molecule has 7 heteroatoms. The number of ether oxygens (including phenoxy) is 1. The van der Waals surface area contributed by atoms with Crippen LogP contribution in [0.25, 0.3) is 33.9 Å². The van der Waals surface area contributed by atoms with Crippen molar-refractivity contribution in [1.29, 1.82) is 0 Å². The molecule has 0 saturated heterocycles. The van der Waals surface area contributed by atoms with Crippen molar-refractivity contribution in [3.05, 3.63) is 65.0 Å². The summed E-state index contributed by atoms with van der Waals surface area (Å²) < 4.78 is 15.9. The molecule has 0 aliphatic carbocycles. The van der Waals surface area contributed by atoms with Crippen LogP contribution in [0.15, 0.2) is 68.2 Å². The smallest absolute Gasteiger partial charge is 0.349 e. The van der Waals surface area contributed by atoms with Crippen LogP contribution in [0.1, 0.15) is 6.92 Å². The number of nitrogens with zero attached hydrogens (tertiary/aromatic N) is 2. The molecule has 0 saturated carbocycles. The summed E-state index contributed by atoms with van der Waals surface area (Å²) in [6.45, 7) is 1.30. The molecule has 0 bridgehead atoms. The summed E-state index contributed by atoms with van der Waals surface area (Å²) in [4.78, 5) is 23.3. The quantitative estimate of drug-likeness (QED) is 0.318. The van der Waals surface area contributed by atoms with Gasteiger partial charge in [-0.25, -0.2) is 4.79 Å². The predicted octanol–water partition coefficient (Wildman–Crippen LogP) is 3.44.